The van der Waals surface area contributed by atoms with Crippen molar-refractivity contribution in [1.29, 1.82) is 0 Å². The van der Waals surface area contributed by atoms with Gasteiger partial charge in [-0.1, -0.05) is 12.1 Å². The third-order valence-electron chi connectivity index (χ3n) is 4.38. The zero-order valence-corrected chi connectivity index (χ0v) is 16.0. The summed E-state index contributed by atoms with van der Waals surface area (Å²) in [5.74, 6) is 0.635. The maximum atomic E-state index is 12.5. The monoisotopic (exact) mass is 371 g/mol. The number of methoxy groups -OCH3 is 2. The quantitative estimate of drug-likeness (QED) is 0.742. The summed E-state index contributed by atoms with van der Waals surface area (Å²) in [5.41, 5.74) is 7.13. The van der Waals surface area contributed by atoms with Gasteiger partial charge in [0.2, 0.25) is 11.8 Å². The average molecular weight is 371 g/mol. The van der Waals surface area contributed by atoms with Crippen molar-refractivity contribution < 1.29 is 19.1 Å². The highest BCUT2D eigenvalue weighted by atomic mass is 16.5. The first-order valence-electron chi connectivity index (χ1n) is 8.48. The van der Waals surface area contributed by atoms with Crippen LogP contribution in [0, 0.1) is 0 Å². The van der Waals surface area contributed by atoms with Gasteiger partial charge < -0.3 is 20.5 Å². The van der Waals surface area contributed by atoms with E-state index in [9.17, 15) is 9.59 Å². The molecule has 2 aromatic rings. The molecule has 0 spiro atoms. The number of nitrogens with one attached hydrogen (secondary N) is 1. The first-order chi connectivity index (χ1) is 12.9. The molecule has 7 nitrogen and oxygen atoms in total. The van der Waals surface area contributed by atoms with E-state index in [0.717, 1.165) is 5.56 Å². The fourth-order valence-corrected chi connectivity index (χ4v) is 2.65. The van der Waals surface area contributed by atoms with Crippen LogP contribution < -0.4 is 20.5 Å². The molecule has 0 saturated carbocycles. The molecule has 0 saturated heterocycles. The minimum absolute atomic E-state index is 0.161. The zero-order chi connectivity index (χ0) is 20.0. The topological polar surface area (TPSA) is 93.9 Å². The molecular weight excluding hydrogens is 346 g/mol. The first kappa shape index (κ1) is 20.3. The molecule has 0 aromatic heterocycles. The number of nitrogens with two attached hydrogens (primary N) is 1. The van der Waals surface area contributed by atoms with Crippen LogP contribution in [0.25, 0.3) is 0 Å². The molecule has 1 atom stereocenters. The molecule has 2 rings (SSSR count). The number of amides is 2. The molecule has 27 heavy (non-hydrogen) atoms. The summed E-state index contributed by atoms with van der Waals surface area (Å²) in [6.45, 7) is 2.33. The van der Waals surface area contributed by atoms with Gasteiger partial charge >= 0.3 is 0 Å². The second-order valence-electron chi connectivity index (χ2n) is 6.17. The van der Waals surface area contributed by atoms with Gasteiger partial charge in [-0.25, -0.2) is 0 Å². The summed E-state index contributed by atoms with van der Waals surface area (Å²) in [4.78, 5) is 25.6. The van der Waals surface area contributed by atoms with E-state index >= 15 is 0 Å². The predicted molar refractivity (Wildman–Crippen MR) is 104 cm³/mol. The smallest absolute Gasteiger partial charge is 0.248 e. The van der Waals surface area contributed by atoms with Crippen LogP contribution in [-0.2, 0) is 11.3 Å². The van der Waals surface area contributed by atoms with Crippen molar-refractivity contribution in [2.75, 3.05) is 26.6 Å². The molecule has 2 amide bonds. The minimum Gasteiger partial charge on any atom is -0.493 e. The van der Waals surface area contributed by atoms with E-state index < -0.39 is 11.9 Å². The fourth-order valence-electron chi connectivity index (χ4n) is 2.65. The van der Waals surface area contributed by atoms with Crippen molar-refractivity contribution in [1.82, 2.24) is 4.90 Å². The molecule has 0 bridgehead atoms. The van der Waals surface area contributed by atoms with Gasteiger partial charge in [0.15, 0.2) is 11.5 Å². The maximum Gasteiger partial charge on any atom is 0.248 e. The number of hydrogen-bond donors (Lipinski definition) is 2. The molecule has 0 aliphatic carbocycles. The molecule has 0 unspecified atom stereocenters. The van der Waals surface area contributed by atoms with Crippen LogP contribution in [0.4, 0.5) is 5.69 Å². The van der Waals surface area contributed by atoms with Crippen molar-refractivity contribution >= 4 is 17.5 Å². The third-order valence-corrected chi connectivity index (χ3v) is 4.38. The highest BCUT2D eigenvalue weighted by Gasteiger charge is 2.20. The molecule has 2 aromatic carbocycles. The van der Waals surface area contributed by atoms with Gasteiger partial charge in [0.1, 0.15) is 0 Å². The number of ether oxygens (including phenoxy) is 2. The molecule has 144 valence electrons. The number of para-hydroxylation sites is 1. The van der Waals surface area contributed by atoms with Gasteiger partial charge in [-0.05, 0) is 44.3 Å². The van der Waals surface area contributed by atoms with E-state index in [0.29, 0.717) is 29.3 Å². The summed E-state index contributed by atoms with van der Waals surface area (Å²) in [7, 11) is 5.04. The summed E-state index contributed by atoms with van der Waals surface area (Å²) in [6, 6.07) is 11.7. The van der Waals surface area contributed by atoms with Crippen molar-refractivity contribution in [2.24, 2.45) is 5.73 Å². The Hall–Kier alpha value is -3.06. The number of anilines is 1. The van der Waals surface area contributed by atoms with Crippen molar-refractivity contribution in [3.05, 3.63) is 53.6 Å². The summed E-state index contributed by atoms with van der Waals surface area (Å²) >= 11 is 0. The number of primary amides is 1. The number of benzene rings is 2. The van der Waals surface area contributed by atoms with Crippen LogP contribution >= 0.6 is 0 Å². The molecule has 0 fully saturated rings. The molecule has 0 heterocycles. The Morgan fingerprint density at radius 3 is 2.33 bits per heavy atom. The third kappa shape index (κ3) is 4.98. The van der Waals surface area contributed by atoms with Crippen LogP contribution in [0.3, 0.4) is 0 Å². The van der Waals surface area contributed by atoms with E-state index in [1.807, 2.05) is 37.1 Å². The lowest BCUT2D eigenvalue weighted by Gasteiger charge is -2.25. The average Bonchev–Trinajstić information content (AvgIpc) is 2.67. The van der Waals surface area contributed by atoms with Crippen LogP contribution in [-0.4, -0.2) is 44.0 Å². The number of likely N-dealkylation sites (N-methyl/N-ethyl adjacent to an activating group) is 1. The van der Waals surface area contributed by atoms with E-state index in [1.165, 1.54) is 0 Å². The van der Waals surface area contributed by atoms with Gasteiger partial charge in [-0.15, -0.1) is 0 Å². The molecule has 0 aliphatic rings. The molecule has 3 N–H and O–H groups in total. The SMILES string of the molecule is COc1cccc(CN(C)[C@@H](C)C(=O)Nc2ccc(C(N)=O)cc2)c1OC. The van der Waals surface area contributed by atoms with Gasteiger partial charge in [0.05, 0.1) is 20.3 Å². The number of hydrogen-bond acceptors (Lipinski definition) is 5. The Balaban J connectivity index is 2.05. The largest absolute Gasteiger partial charge is 0.493 e. The first-order valence-corrected chi connectivity index (χ1v) is 8.48. The molecular formula is C20H25N3O4. The van der Waals surface area contributed by atoms with Crippen molar-refractivity contribution in [3.8, 4) is 11.5 Å². The van der Waals surface area contributed by atoms with Gasteiger partial charge in [-0.2, -0.15) is 0 Å². The maximum absolute atomic E-state index is 12.5. The summed E-state index contributed by atoms with van der Waals surface area (Å²) < 4.78 is 10.8. The predicted octanol–water partition coefficient (Wildman–Crippen LogP) is 2.26. The molecule has 7 heteroatoms. The lowest BCUT2D eigenvalue weighted by molar-refractivity contribution is -0.120. The number of nitrogens with zero attached hydrogens (tertiary/aromatic N) is 1. The van der Waals surface area contributed by atoms with Crippen LogP contribution in [0.1, 0.15) is 22.8 Å². The lowest BCUT2D eigenvalue weighted by atomic mass is 10.1. The second-order valence-corrected chi connectivity index (χ2v) is 6.17. The van der Waals surface area contributed by atoms with Crippen molar-refractivity contribution in [2.45, 2.75) is 19.5 Å². The Labute approximate surface area is 159 Å². The Morgan fingerprint density at radius 1 is 1.11 bits per heavy atom. The van der Waals surface area contributed by atoms with Crippen LogP contribution in [0.2, 0.25) is 0 Å². The molecule has 0 radical (unpaired) electrons. The van der Waals surface area contributed by atoms with Gasteiger partial charge in [-0.3, -0.25) is 14.5 Å². The van der Waals surface area contributed by atoms with E-state index in [1.54, 1.807) is 38.5 Å². The normalized spacial score (nSPS) is 11.7. The molecule has 0 aliphatic heterocycles. The van der Waals surface area contributed by atoms with Gasteiger partial charge in [0.25, 0.3) is 0 Å². The van der Waals surface area contributed by atoms with E-state index in [2.05, 4.69) is 5.32 Å². The Morgan fingerprint density at radius 2 is 1.78 bits per heavy atom. The second kappa shape index (κ2) is 9.05. The lowest BCUT2D eigenvalue weighted by Crippen LogP contribution is -2.39. The standard InChI is InChI=1S/C20H25N3O4/c1-13(20(25)22-16-10-8-14(9-11-16)19(21)24)23(2)12-15-6-5-7-17(26-3)18(15)27-4/h5-11,13H,12H2,1-4H3,(H2,21,24)(H,22,25)/t13-/m0/s1. The number of carbonyl (C=O) groups is 2. The zero-order valence-electron chi connectivity index (χ0n) is 16.0. The van der Waals surface area contributed by atoms with Crippen molar-refractivity contribution in [3.63, 3.8) is 0 Å². The Kier molecular flexibility index (Phi) is 6.79. The van der Waals surface area contributed by atoms with Crippen LogP contribution in [0.15, 0.2) is 42.5 Å². The minimum atomic E-state index is -0.506. The van der Waals surface area contributed by atoms with Gasteiger partial charge in [0, 0.05) is 23.4 Å². The Bertz CT molecular complexity index is 805. The fraction of sp³-hybridized carbons (Fsp3) is 0.300. The number of carbonyl (C=O) groups excluding carboxylic acids is 2. The summed E-state index contributed by atoms with van der Waals surface area (Å²) in [5, 5.41) is 2.84. The van der Waals surface area contributed by atoms with Crippen LogP contribution in [0.5, 0.6) is 11.5 Å². The van der Waals surface area contributed by atoms with E-state index in [4.69, 9.17) is 15.2 Å². The number of rotatable bonds is 8. The highest BCUT2D eigenvalue weighted by Crippen LogP contribution is 2.31. The van der Waals surface area contributed by atoms with E-state index in [-0.39, 0.29) is 5.91 Å². The highest BCUT2D eigenvalue weighted by molar-refractivity contribution is 5.96. The summed E-state index contributed by atoms with van der Waals surface area (Å²) in [6.07, 6.45) is 0.